The van der Waals surface area contributed by atoms with Gasteiger partial charge in [-0.15, -0.1) is 0 Å². The summed E-state index contributed by atoms with van der Waals surface area (Å²) in [5, 5.41) is 17.6. The fraction of sp³-hybridized carbons (Fsp3) is 0.0833. The molecule has 0 aliphatic carbocycles. The van der Waals surface area contributed by atoms with Crippen LogP contribution < -0.4 is 9.75 Å². The second kappa shape index (κ2) is 7.53. The SMILES string of the molecule is CN(C)c1c(-c2ccccc2)c(-c2ccccc2)n[n+]([O-])c1-c1ccccc1. The van der Waals surface area contributed by atoms with Crippen LogP contribution in [0.1, 0.15) is 0 Å². The molecule has 28 heavy (non-hydrogen) atoms. The van der Waals surface area contributed by atoms with Crippen molar-refractivity contribution in [2.45, 2.75) is 0 Å². The van der Waals surface area contributed by atoms with E-state index in [0.717, 1.165) is 32.8 Å². The van der Waals surface area contributed by atoms with E-state index >= 15 is 0 Å². The molecule has 4 rings (SSSR count). The summed E-state index contributed by atoms with van der Waals surface area (Å²) in [6.45, 7) is 0. The van der Waals surface area contributed by atoms with Crippen molar-refractivity contribution in [2.24, 2.45) is 0 Å². The lowest BCUT2D eigenvalue weighted by Crippen LogP contribution is -2.37. The summed E-state index contributed by atoms with van der Waals surface area (Å²) in [6.07, 6.45) is 0. The third-order valence-corrected chi connectivity index (χ3v) is 4.68. The van der Waals surface area contributed by atoms with Crippen molar-refractivity contribution in [3.63, 3.8) is 0 Å². The number of anilines is 1. The first-order valence-corrected chi connectivity index (χ1v) is 9.18. The molecule has 0 N–H and O–H groups in total. The van der Waals surface area contributed by atoms with E-state index in [1.54, 1.807) is 0 Å². The maximum Gasteiger partial charge on any atom is 0.275 e. The van der Waals surface area contributed by atoms with Gasteiger partial charge >= 0.3 is 0 Å². The zero-order valence-corrected chi connectivity index (χ0v) is 15.9. The van der Waals surface area contributed by atoms with Gasteiger partial charge in [-0.1, -0.05) is 78.9 Å². The first-order chi connectivity index (χ1) is 13.7. The van der Waals surface area contributed by atoms with Crippen molar-refractivity contribution in [2.75, 3.05) is 19.0 Å². The fourth-order valence-electron chi connectivity index (χ4n) is 3.47. The minimum Gasteiger partial charge on any atom is -0.594 e. The Morgan fingerprint density at radius 3 is 1.64 bits per heavy atom. The van der Waals surface area contributed by atoms with Crippen LogP contribution in [0.5, 0.6) is 0 Å². The number of hydrogen-bond donors (Lipinski definition) is 0. The lowest BCUT2D eigenvalue weighted by molar-refractivity contribution is -0.656. The Labute approximate surface area is 164 Å². The molecular weight excluding hydrogens is 346 g/mol. The largest absolute Gasteiger partial charge is 0.594 e. The molecule has 0 bridgehead atoms. The summed E-state index contributed by atoms with van der Waals surface area (Å²) >= 11 is 0. The third-order valence-electron chi connectivity index (χ3n) is 4.68. The lowest BCUT2D eigenvalue weighted by Gasteiger charge is -2.22. The Morgan fingerprint density at radius 2 is 1.14 bits per heavy atom. The monoisotopic (exact) mass is 367 g/mol. The van der Waals surface area contributed by atoms with E-state index in [1.165, 1.54) is 0 Å². The smallest absolute Gasteiger partial charge is 0.275 e. The highest BCUT2D eigenvalue weighted by Gasteiger charge is 2.28. The summed E-state index contributed by atoms with van der Waals surface area (Å²) in [5.41, 5.74) is 5.79. The van der Waals surface area contributed by atoms with Gasteiger partial charge in [0, 0.05) is 30.3 Å². The summed E-state index contributed by atoms with van der Waals surface area (Å²) in [7, 11) is 3.92. The molecule has 0 saturated heterocycles. The first kappa shape index (κ1) is 17.7. The van der Waals surface area contributed by atoms with Gasteiger partial charge in [-0.05, 0) is 22.5 Å². The molecule has 0 aliphatic heterocycles. The normalized spacial score (nSPS) is 10.6. The number of nitrogens with zero attached hydrogens (tertiary/aromatic N) is 3. The minimum absolute atomic E-state index is 0.545. The van der Waals surface area contributed by atoms with E-state index in [-0.39, 0.29) is 0 Å². The van der Waals surface area contributed by atoms with E-state index in [4.69, 9.17) is 0 Å². The van der Waals surface area contributed by atoms with Crippen LogP contribution >= 0.6 is 0 Å². The van der Waals surface area contributed by atoms with Crippen molar-refractivity contribution < 1.29 is 4.85 Å². The Hall–Kier alpha value is -3.66. The molecule has 0 spiro atoms. The zero-order chi connectivity index (χ0) is 19.5. The minimum atomic E-state index is 0.545. The number of hydrogen-bond acceptors (Lipinski definition) is 3. The molecule has 4 heteroatoms. The van der Waals surface area contributed by atoms with Crippen molar-refractivity contribution in [3.8, 4) is 33.6 Å². The number of rotatable bonds is 4. The maximum absolute atomic E-state index is 13.1. The van der Waals surface area contributed by atoms with Crippen LogP contribution in [-0.4, -0.2) is 19.2 Å². The van der Waals surface area contributed by atoms with Gasteiger partial charge in [-0.2, -0.15) is 0 Å². The van der Waals surface area contributed by atoms with Gasteiger partial charge in [0.05, 0.1) is 5.56 Å². The van der Waals surface area contributed by atoms with Crippen molar-refractivity contribution in [1.29, 1.82) is 0 Å². The Morgan fingerprint density at radius 1 is 0.679 bits per heavy atom. The topological polar surface area (TPSA) is 43.1 Å². The van der Waals surface area contributed by atoms with Crippen molar-refractivity contribution in [3.05, 3.63) is 96.2 Å². The number of aromatic nitrogens is 2. The molecule has 0 fully saturated rings. The summed E-state index contributed by atoms with van der Waals surface area (Å²) in [4.78, 5) is 2.74. The van der Waals surface area contributed by atoms with Crippen LogP contribution in [0.3, 0.4) is 0 Å². The molecule has 0 radical (unpaired) electrons. The molecule has 4 aromatic rings. The predicted molar refractivity (Wildman–Crippen MR) is 114 cm³/mol. The second-order valence-electron chi connectivity index (χ2n) is 6.79. The molecule has 0 unspecified atom stereocenters. The van der Waals surface area contributed by atoms with Crippen molar-refractivity contribution in [1.82, 2.24) is 5.10 Å². The summed E-state index contributed by atoms with van der Waals surface area (Å²) in [6, 6.07) is 29.6. The van der Waals surface area contributed by atoms with E-state index in [2.05, 4.69) is 17.2 Å². The Balaban J connectivity index is 2.13. The molecule has 138 valence electrons. The zero-order valence-electron chi connectivity index (χ0n) is 15.9. The molecule has 1 heterocycles. The average Bonchev–Trinajstić information content (AvgIpc) is 2.74. The third kappa shape index (κ3) is 3.21. The predicted octanol–water partition coefficient (Wildman–Crippen LogP) is 4.78. The van der Waals surface area contributed by atoms with Gasteiger partial charge in [0.2, 0.25) is 0 Å². The van der Waals surface area contributed by atoms with E-state index < -0.39 is 0 Å². The standard InChI is InChI=1S/C24H21N3O/c1-26(2)24-21(18-12-6-3-7-13-18)22(19-14-8-4-9-15-19)25-27(28)23(24)20-16-10-5-11-17-20/h3-17H,1-2H3. The van der Waals surface area contributed by atoms with Crippen molar-refractivity contribution >= 4 is 5.69 Å². The molecule has 4 nitrogen and oxygen atoms in total. The van der Waals surface area contributed by atoms with Gasteiger partial charge in [0.15, 0.2) is 0 Å². The van der Waals surface area contributed by atoms with Gasteiger partial charge in [0.1, 0.15) is 11.4 Å². The highest BCUT2D eigenvalue weighted by atomic mass is 16.5. The molecule has 3 aromatic carbocycles. The van der Waals surface area contributed by atoms with Crippen LogP contribution in [0.15, 0.2) is 91.0 Å². The van der Waals surface area contributed by atoms with Crippen LogP contribution in [-0.2, 0) is 0 Å². The highest BCUT2D eigenvalue weighted by molar-refractivity contribution is 5.94. The lowest BCUT2D eigenvalue weighted by atomic mass is 9.95. The maximum atomic E-state index is 13.1. The number of benzene rings is 3. The van der Waals surface area contributed by atoms with Gasteiger partial charge < -0.3 is 10.1 Å². The quantitative estimate of drug-likeness (QED) is 0.385. The summed E-state index contributed by atoms with van der Waals surface area (Å²) < 4.78 is 0. The second-order valence-corrected chi connectivity index (χ2v) is 6.79. The Kier molecular flexibility index (Phi) is 4.77. The van der Waals surface area contributed by atoms with E-state index in [0.29, 0.717) is 11.4 Å². The molecular formula is C24H21N3O. The molecule has 0 aliphatic rings. The van der Waals surface area contributed by atoms with Crippen LogP contribution in [0.4, 0.5) is 5.69 Å². The van der Waals surface area contributed by atoms with Crippen LogP contribution in [0, 0.1) is 5.21 Å². The molecule has 0 saturated carbocycles. The van der Waals surface area contributed by atoms with E-state index in [9.17, 15) is 5.21 Å². The van der Waals surface area contributed by atoms with Gasteiger partial charge in [-0.25, -0.2) is 0 Å². The van der Waals surface area contributed by atoms with Gasteiger partial charge in [0.25, 0.3) is 5.69 Å². The summed E-state index contributed by atoms with van der Waals surface area (Å²) in [5.74, 6) is 0. The fourth-order valence-corrected chi connectivity index (χ4v) is 3.47. The first-order valence-electron chi connectivity index (χ1n) is 9.18. The van der Waals surface area contributed by atoms with Crippen LogP contribution in [0.2, 0.25) is 0 Å². The average molecular weight is 367 g/mol. The molecule has 0 atom stereocenters. The Bertz CT molecular complexity index is 1080. The van der Waals surface area contributed by atoms with E-state index in [1.807, 2.05) is 97.9 Å². The highest BCUT2D eigenvalue weighted by Crippen LogP contribution is 2.41. The van der Waals surface area contributed by atoms with Crippen LogP contribution in [0.25, 0.3) is 33.6 Å². The molecule has 1 aromatic heterocycles. The molecule has 0 amide bonds. The van der Waals surface area contributed by atoms with Gasteiger partial charge in [-0.3, -0.25) is 0 Å².